The van der Waals surface area contributed by atoms with Crippen LogP contribution >= 0.6 is 0 Å². The van der Waals surface area contributed by atoms with Gasteiger partial charge in [0.05, 0.1) is 19.8 Å². The lowest BCUT2D eigenvalue weighted by Gasteiger charge is -2.37. The molecule has 1 heterocycles. The van der Waals surface area contributed by atoms with Gasteiger partial charge in [0.1, 0.15) is 23.9 Å². The molecule has 184 valence electrons. The maximum atomic E-state index is 14.3. The van der Waals surface area contributed by atoms with Crippen LogP contribution in [0.3, 0.4) is 0 Å². The van der Waals surface area contributed by atoms with Gasteiger partial charge in [-0.05, 0) is 77.9 Å². The Bertz CT molecular complexity index is 1190. The van der Waals surface area contributed by atoms with E-state index in [1.54, 1.807) is 12.1 Å². The average Bonchev–Trinajstić information content (AvgIpc) is 2.79. The Kier molecular flexibility index (Phi) is 7.41. The molecule has 0 unspecified atom stereocenters. The zero-order chi connectivity index (χ0) is 25.0. The number of aliphatic carboxylic acids is 1. The molecule has 4 rings (SSSR count). The molecule has 3 aromatic rings. The Morgan fingerprint density at radius 1 is 1.03 bits per heavy atom. The molecule has 3 aromatic carbocycles. The van der Waals surface area contributed by atoms with Crippen LogP contribution < -0.4 is 9.47 Å². The standard InChI is InChI=1S/C29H31FO5/c1-19-11-25(35-18-29(3)16-33-17-29)12-20(2)28(19)23-6-4-5-21(13-23)15-34-24-9-7-22(26(30)14-24)8-10-27(31)32/h4-7,9,11-14H,8,10,15-18H2,1-3H3,(H,31,32). The van der Waals surface area contributed by atoms with Crippen molar-refractivity contribution in [3.05, 3.63) is 82.7 Å². The van der Waals surface area contributed by atoms with E-state index >= 15 is 0 Å². The predicted molar refractivity (Wildman–Crippen MR) is 132 cm³/mol. The fraction of sp³-hybridized carbons (Fsp3) is 0.345. The van der Waals surface area contributed by atoms with Crippen molar-refractivity contribution in [2.75, 3.05) is 19.8 Å². The Morgan fingerprint density at radius 3 is 2.40 bits per heavy atom. The number of halogens is 1. The number of carboxylic acids is 1. The molecule has 1 saturated heterocycles. The molecular weight excluding hydrogens is 447 g/mol. The van der Waals surface area contributed by atoms with Gasteiger partial charge in [-0.3, -0.25) is 4.79 Å². The van der Waals surface area contributed by atoms with E-state index in [4.69, 9.17) is 19.3 Å². The summed E-state index contributed by atoms with van der Waals surface area (Å²) < 4.78 is 31.5. The van der Waals surface area contributed by atoms with Crippen LogP contribution in [-0.2, 0) is 22.6 Å². The minimum absolute atomic E-state index is 0.0938. The highest BCUT2D eigenvalue weighted by Crippen LogP contribution is 2.33. The predicted octanol–water partition coefficient (Wildman–Crippen LogP) is 6.12. The van der Waals surface area contributed by atoms with Crippen LogP contribution in [0.1, 0.15) is 35.6 Å². The first-order valence-corrected chi connectivity index (χ1v) is 11.8. The van der Waals surface area contributed by atoms with Crippen molar-refractivity contribution in [3.63, 3.8) is 0 Å². The number of benzene rings is 3. The van der Waals surface area contributed by atoms with E-state index in [1.807, 2.05) is 12.1 Å². The Morgan fingerprint density at radius 2 is 1.77 bits per heavy atom. The molecule has 0 saturated carbocycles. The van der Waals surface area contributed by atoms with Crippen molar-refractivity contribution < 1.29 is 28.5 Å². The number of ether oxygens (including phenoxy) is 3. The number of carbonyl (C=O) groups is 1. The Balaban J connectivity index is 1.43. The maximum Gasteiger partial charge on any atom is 0.303 e. The third kappa shape index (κ3) is 6.20. The first-order chi connectivity index (χ1) is 16.7. The van der Waals surface area contributed by atoms with Crippen LogP contribution in [0.25, 0.3) is 11.1 Å². The van der Waals surface area contributed by atoms with E-state index in [1.165, 1.54) is 6.07 Å². The van der Waals surface area contributed by atoms with E-state index in [0.29, 0.717) is 24.5 Å². The number of hydrogen-bond donors (Lipinski definition) is 1. The number of rotatable bonds is 10. The second kappa shape index (κ2) is 10.5. The zero-order valence-electron chi connectivity index (χ0n) is 20.4. The third-order valence-corrected chi connectivity index (χ3v) is 6.25. The average molecular weight is 479 g/mol. The van der Waals surface area contributed by atoms with Gasteiger partial charge >= 0.3 is 5.97 Å². The van der Waals surface area contributed by atoms with Gasteiger partial charge in [-0.1, -0.05) is 31.2 Å². The molecule has 0 amide bonds. The van der Waals surface area contributed by atoms with Gasteiger partial charge in [-0.15, -0.1) is 0 Å². The summed E-state index contributed by atoms with van der Waals surface area (Å²) in [5, 5.41) is 8.79. The number of hydrogen-bond acceptors (Lipinski definition) is 4. The molecule has 0 aromatic heterocycles. The van der Waals surface area contributed by atoms with Crippen LogP contribution in [0.4, 0.5) is 4.39 Å². The summed E-state index contributed by atoms with van der Waals surface area (Å²) in [5.74, 6) is -0.128. The van der Waals surface area contributed by atoms with Gasteiger partial charge < -0.3 is 19.3 Å². The maximum absolute atomic E-state index is 14.3. The third-order valence-electron chi connectivity index (χ3n) is 6.25. The molecule has 0 bridgehead atoms. The minimum atomic E-state index is -0.949. The topological polar surface area (TPSA) is 65.0 Å². The number of carboxylic acid groups (broad SMARTS) is 1. The molecule has 1 aliphatic heterocycles. The zero-order valence-corrected chi connectivity index (χ0v) is 20.4. The second-order valence-electron chi connectivity index (χ2n) is 9.66. The van der Waals surface area contributed by atoms with Gasteiger partial charge in [-0.2, -0.15) is 0 Å². The fourth-order valence-electron chi connectivity index (χ4n) is 4.30. The highest BCUT2D eigenvalue weighted by atomic mass is 19.1. The quantitative estimate of drug-likeness (QED) is 0.380. The van der Waals surface area contributed by atoms with Gasteiger partial charge in [0.15, 0.2) is 0 Å². The van der Waals surface area contributed by atoms with E-state index < -0.39 is 11.8 Å². The molecule has 6 heteroatoms. The molecule has 1 aliphatic rings. The minimum Gasteiger partial charge on any atom is -0.493 e. The molecule has 0 radical (unpaired) electrons. The van der Waals surface area contributed by atoms with Crippen LogP contribution in [0.2, 0.25) is 0 Å². The van der Waals surface area contributed by atoms with Gasteiger partial charge in [0, 0.05) is 17.9 Å². The lowest BCUT2D eigenvalue weighted by Crippen LogP contribution is -2.44. The molecule has 0 atom stereocenters. The molecule has 1 N–H and O–H groups in total. The molecule has 0 aliphatic carbocycles. The first-order valence-electron chi connectivity index (χ1n) is 11.8. The smallest absolute Gasteiger partial charge is 0.303 e. The highest BCUT2D eigenvalue weighted by Gasteiger charge is 2.34. The van der Waals surface area contributed by atoms with E-state index in [2.05, 4.69) is 45.0 Å². The van der Waals surface area contributed by atoms with E-state index in [9.17, 15) is 9.18 Å². The first kappa shape index (κ1) is 24.7. The van der Waals surface area contributed by atoms with Crippen LogP contribution in [0, 0.1) is 25.1 Å². The van der Waals surface area contributed by atoms with Crippen LogP contribution in [-0.4, -0.2) is 30.9 Å². The van der Waals surface area contributed by atoms with Crippen molar-refractivity contribution in [2.24, 2.45) is 5.41 Å². The van der Waals surface area contributed by atoms with Crippen molar-refractivity contribution in [1.29, 1.82) is 0 Å². The van der Waals surface area contributed by atoms with Gasteiger partial charge in [0.25, 0.3) is 0 Å². The molecular formula is C29H31FO5. The second-order valence-corrected chi connectivity index (χ2v) is 9.66. The number of aryl methyl sites for hydroxylation is 3. The SMILES string of the molecule is Cc1cc(OCC2(C)COC2)cc(C)c1-c1cccc(COc2ccc(CCC(=O)O)c(F)c2)c1. The summed E-state index contributed by atoms with van der Waals surface area (Å²) >= 11 is 0. The van der Waals surface area contributed by atoms with Crippen molar-refractivity contribution in [2.45, 2.75) is 40.2 Å². The lowest BCUT2D eigenvalue weighted by molar-refractivity contribution is -0.136. The largest absolute Gasteiger partial charge is 0.493 e. The molecule has 1 fully saturated rings. The van der Waals surface area contributed by atoms with Crippen LogP contribution in [0.15, 0.2) is 54.6 Å². The van der Waals surface area contributed by atoms with Gasteiger partial charge in [-0.25, -0.2) is 4.39 Å². The Labute approximate surface area is 205 Å². The van der Waals surface area contributed by atoms with E-state index in [0.717, 1.165) is 46.8 Å². The molecule has 35 heavy (non-hydrogen) atoms. The summed E-state index contributed by atoms with van der Waals surface area (Å²) in [7, 11) is 0. The fourth-order valence-corrected chi connectivity index (χ4v) is 4.30. The van der Waals surface area contributed by atoms with Crippen molar-refractivity contribution >= 4 is 5.97 Å². The van der Waals surface area contributed by atoms with E-state index in [-0.39, 0.29) is 18.3 Å². The summed E-state index contributed by atoms with van der Waals surface area (Å²) in [4.78, 5) is 10.7. The summed E-state index contributed by atoms with van der Waals surface area (Å²) in [6.07, 6.45) is 0.0456. The normalized spacial score (nSPS) is 14.3. The summed E-state index contributed by atoms with van der Waals surface area (Å²) in [6.45, 7) is 8.74. The Hall–Kier alpha value is -3.38. The lowest BCUT2D eigenvalue weighted by atomic mass is 9.90. The van der Waals surface area contributed by atoms with Crippen molar-refractivity contribution in [1.82, 2.24) is 0 Å². The summed E-state index contributed by atoms with van der Waals surface area (Å²) in [5.41, 5.74) is 5.94. The molecule has 0 spiro atoms. The highest BCUT2D eigenvalue weighted by molar-refractivity contribution is 5.72. The van der Waals surface area contributed by atoms with Crippen molar-refractivity contribution in [3.8, 4) is 22.6 Å². The summed E-state index contributed by atoms with van der Waals surface area (Å²) in [6, 6.07) is 16.8. The monoisotopic (exact) mass is 478 g/mol. The van der Waals surface area contributed by atoms with Crippen LogP contribution in [0.5, 0.6) is 11.5 Å². The van der Waals surface area contributed by atoms with Gasteiger partial charge in [0.2, 0.25) is 0 Å². The molecule has 5 nitrogen and oxygen atoms in total.